The van der Waals surface area contributed by atoms with Crippen molar-refractivity contribution in [1.29, 1.82) is 0 Å². The predicted molar refractivity (Wildman–Crippen MR) is 80.5 cm³/mol. The molecule has 2 heteroatoms. The molecule has 0 aliphatic carbocycles. The molecule has 0 aliphatic rings. The number of hydrogen-bond donors (Lipinski definition) is 1. The van der Waals surface area contributed by atoms with Crippen LogP contribution in [0.4, 0.5) is 5.69 Å². The minimum atomic E-state index is 0.548. The first kappa shape index (κ1) is 13.5. The van der Waals surface area contributed by atoms with Crippen LogP contribution in [-0.4, -0.2) is 0 Å². The zero-order valence-corrected chi connectivity index (χ0v) is 11.8. The van der Waals surface area contributed by atoms with Crippen molar-refractivity contribution in [2.45, 2.75) is 33.3 Å². The van der Waals surface area contributed by atoms with Gasteiger partial charge in [0.15, 0.2) is 0 Å². The summed E-state index contributed by atoms with van der Waals surface area (Å²) < 4.78 is 5.78. The summed E-state index contributed by atoms with van der Waals surface area (Å²) in [4.78, 5) is 0. The van der Waals surface area contributed by atoms with Crippen LogP contribution in [0.2, 0.25) is 0 Å². The molecule has 0 fully saturated rings. The van der Waals surface area contributed by atoms with Gasteiger partial charge in [0.05, 0.1) is 5.69 Å². The summed E-state index contributed by atoms with van der Waals surface area (Å²) >= 11 is 0. The number of benzene rings is 2. The molecule has 2 N–H and O–H groups in total. The molecule has 2 rings (SSSR count). The maximum atomic E-state index is 5.99. The van der Waals surface area contributed by atoms with Crippen molar-refractivity contribution in [2.75, 3.05) is 5.73 Å². The van der Waals surface area contributed by atoms with Crippen molar-refractivity contribution in [3.8, 4) is 5.75 Å². The summed E-state index contributed by atoms with van der Waals surface area (Å²) in [6.45, 7) is 6.92. The van der Waals surface area contributed by atoms with Crippen LogP contribution in [-0.2, 0) is 6.61 Å². The summed E-state index contributed by atoms with van der Waals surface area (Å²) in [7, 11) is 0. The average molecular weight is 255 g/mol. The molecule has 0 heterocycles. The van der Waals surface area contributed by atoms with E-state index in [1.807, 2.05) is 25.1 Å². The maximum absolute atomic E-state index is 5.99. The fourth-order valence-electron chi connectivity index (χ4n) is 1.94. The molecule has 0 aromatic heterocycles. The lowest BCUT2D eigenvalue weighted by atomic mass is 10.0. The monoisotopic (exact) mass is 255 g/mol. The quantitative estimate of drug-likeness (QED) is 0.828. The fraction of sp³-hybridized carbons (Fsp3) is 0.294. The van der Waals surface area contributed by atoms with Gasteiger partial charge in [-0.3, -0.25) is 0 Å². The highest BCUT2D eigenvalue weighted by atomic mass is 16.5. The number of nitrogen functional groups attached to an aromatic ring is 1. The smallest absolute Gasteiger partial charge is 0.142 e. The lowest BCUT2D eigenvalue weighted by molar-refractivity contribution is 0.308. The Balaban J connectivity index is 2.04. The first-order valence-electron chi connectivity index (χ1n) is 6.64. The Morgan fingerprint density at radius 3 is 2.37 bits per heavy atom. The van der Waals surface area contributed by atoms with Gasteiger partial charge in [0.1, 0.15) is 12.4 Å². The van der Waals surface area contributed by atoms with E-state index in [2.05, 4.69) is 38.1 Å². The van der Waals surface area contributed by atoms with Gasteiger partial charge in [-0.2, -0.15) is 0 Å². The van der Waals surface area contributed by atoms with Crippen LogP contribution in [0.5, 0.6) is 5.75 Å². The van der Waals surface area contributed by atoms with E-state index in [-0.39, 0.29) is 0 Å². The van der Waals surface area contributed by atoms with Crippen molar-refractivity contribution >= 4 is 5.69 Å². The van der Waals surface area contributed by atoms with Crippen LogP contribution in [0, 0.1) is 6.92 Å². The average Bonchev–Trinajstić information content (AvgIpc) is 2.41. The third-order valence-electron chi connectivity index (χ3n) is 3.32. The molecule has 2 nitrogen and oxygen atoms in total. The normalized spacial score (nSPS) is 10.7. The van der Waals surface area contributed by atoms with Crippen molar-refractivity contribution in [2.24, 2.45) is 0 Å². The lowest BCUT2D eigenvalue weighted by Gasteiger charge is -2.11. The topological polar surface area (TPSA) is 35.2 Å². The number of aryl methyl sites for hydroxylation is 1. The van der Waals surface area contributed by atoms with Gasteiger partial charge >= 0.3 is 0 Å². The Morgan fingerprint density at radius 1 is 1.05 bits per heavy atom. The van der Waals surface area contributed by atoms with Gasteiger partial charge in [-0.15, -0.1) is 0 Å². The summed E-state index contributed by atoms with van der Waals surface area (Å²) in [5, 5.41) is 0. The standard InChI is InChI=1S/C17H21NO/c1-12(2)15-9-7-14(8-10-15)11-19-16-6-4-5-13(3)17(16)18/h4-10,12H,11,18H2,1-3H3. The van der Waals surface area contributed by atoms with Gasteiger partial charge in [-0.05, 0) is 35.6 Å². The van der Waals surface area contributed by atoms with Gasteiger partial charge in [0.2, 0.25) is 0 Å². The Kier molecular flexibility index (Phi) is 4.10. The molecular formula is C17H21NO. The van der Waals surface area contributed by atoms with Gasteiger partial charge in [0.25, 0.3) is 0 Å². The highest BCUT2D eigenvalue weighted by Gasteiger charge is 2.03. The molecule has 0 unspecified atom stereocenters. The number of rotatable bonds is 4. The largest absolute Gasteiger partial charge is 0.487 e. The molecule has 0 radical (unpaired) electrons. The third kappa shape index (κ3) is 3.28. The molecule has 100 valence electrons. The molecule has 0 saturated heterocycles. The summed E-state index contributed by atoms with van der Waals surface area (Å²) in [5.41, 5.74) is 10.3. The Hall–Kier alpha value is -1.96. The van der Waals surface area contributed by atoms with Gasteiger partial charge in [-0.25, -0.2) is 0 Å². The van der Waals surface area contributed by atoms with Crippen LogP contribution < -0.4 is 10.5 Å². The van der Waals surface area contributed by atoms with E-state index >= 15 is 0 Å². The maximum Gasteiger partial charge on any atom is 0.142 e. The molecule has 0 aliphatic heterocycles. The highest BCUT2D eigenvalue weighted by Crippen LogP contribution is 2.25. The van der Waals surface area contributed by atoms with Crippen molar-refractivity contribution < 1.29 is 4.74 Å². The lowest BCUT2D eigenvalue weighted by Crippen LogP contribution is -2.00. The molecule has 2 aromatic rings. The SMILES string of the molecule is Cc1cccc(OCc2ccc(C(C)C)cc2)c1N. The van der Waals surface area contributed by atoms with Crippen molar-refractivity contribution in [1.82, 2.24) is 0 Å². The molecule has 0 bridgehead atoms. The Morgan fingerprint density at radius 2 is 1.74 bits per heavy atom. The first-order valence-corrected chi connectivity index (χ1v) is 6.64. The van der Waals surface area contributed by atoms with Crippen LogP contribution >= 0.6 is 0 Å². The van der Waals surface area contributed by atoms with Crippen LogP contribution in [0.15, 0.2) is 42.5 Å². The Bertz CT molecular complexity index is 544. The van der Waals surface area contributed by atoms with Crippen LogP contribution in [0.25, 0.3) is 0 Å². The van der Waals surface area contributed by atoms with Gasteiger partial charge < -0.3 is 10.5 Å². The van der Waals surface area contributed by atoms with Crippen LogP contribution in [0.3, 0.4) is 0 Å². The predicted octanol–water partition coefficient (Wildman–Crippen LogP) is 4.28. The minimum Gasteiger partial charge on any atom is -0.487 e. The summed E-state index contributed by atoms with van der Waals surface area (Å²) in [6, 6.07) is 14.4. The van der Waals surface area contributed by atoms with E-state index in [0.29, 0.717) is 12.5 Å². The van der Waals surface area contributed by atoms with Gasteiger partial charge in [-0.1, -0.05) is 50.2 Å². The van der Waals surface area contributed by atoms with Gasteiger partial charge in [0, 0.05) is 0 Å². The fourth-order valence-corrected chi connectivity index (χ4v) is 1.94. The zero-order chi connectivity index (χ0) is 13.8. The molecule has 0 saturated carbocycles. The number of ether oxygens (including phenoxy) is 1. The van der Waals surface area contributed by atoms with E-state index in [1.54, 1.807) is 0 Å². The van der Waals surface area contributed by atoms with E-state index in [1.165, 1.54) is 5.56 Å². The zero-order valence-electron chi connectivity index (χ0n) is 11.8. The second-order valence-electron chi connectivity index (χ2n) is 5.17. The second kappa shape index (κ2) is 5.79. The van der Waals surface area contributed by atoms with E-state index in [9.17, 15) is 0 Å². The summed E-state index contributed by atoms with van der Waals surface area (Å²) in [5.74, 6) is 1.32. The summed E-state index contributed by atoms with van der Waals surface area (Å²) in [6.07, 6.45) is 0. The third-order valence-corrected chi connectivity index (χ3v) is 3.32. The van der Waals surface area contributed by atoms with E-state index in [0.717, 1.165) is 22.6 Å². The van der Waals surface area contributed by atoms with Crippen molar-refractivity contribution in [3.63, 3.8) is 0 Å². The molecule has 2 aromatic carbocycles. The number of hydrogen-bond acceptors (Lipinski definition) is 2. The minimum absolute atomic E-state index is 0.548. The number of nitrogens with two attached hydrogens (primary N) is 1. The molecule has 0 spiro atoms. The number of para-hydroxylation sites is 1. The van der Waals surface area contributed by atoms with Crippen molar-refractivity contribution in [3.05, 3.63) is 59.2 Å². The number of anilines is 1. The molecule has 0 amide bonds. The van der Waals surface area contributed by atoms with Crippen LogP contribution in [0.1, 0.15) is 36.5 Å². The van der Waals surface area contributed by atoms with E-state index < -0.39 is 0 Å². The highest BCUT2D eigenvalue weighted by molar-refractivity contribution is 5.57. The Labute approximate surface area is 115 Å². The first-order chi connectivity index (χ1) is 9.08. The molecule has 0 atom stereocenters. The van der Waals surface area contributed by atoms with E-state index in [4.69, 9.17) is 10.5 Å². The second-order valence-corrected chi connectivity index (χ2v) is 5.17. The molecular weight excluding hydrogens is 234 g/mol. The molecule has 19 heavy (non-hydrogen) atoms.